The number of hydrogen-bond donors (Lipinski definition) is 2. The van der Waals surface area contributed by atoms with Crippen molar-refractivity contribution in [1.29, 1.82) is 0 Å². The predicted octanol–water partition coefficient (Wildman–Crippen LogP) is 2.26. The first-order valence-electron chi connectivity index (χ1n) is 6.63. The standard InChI is InChI=1S/C17H17N3O/c1-12-8-15(11-19-10-12)17(21)20-16-6-5-13(2)14(9-16)4-3-7-18/h5-6,8-11H,7,18H2,1-2H3,(H,20,21). The summed E-state index contributed by atoms with van der Waals surface area (Å²) in [6.45, 7) is 4.18. The van der Waals surface area contributed by atoms with Gasteiger partial charge in [-0.1, -0.05) is 17.9 Å². The summed E-state index contributed by atoms with van der Waals surface area (Å²) in [5, 5.41) is 2.85. The first-order valence-corrected chi connectivity index (χ1v) is 6.63. The second kappa shape index (κ2) is 6.69. The molecule has 0 unspecified atom stereocenters. The minimum absolute atomic E-state index is 0.187. The van der Waals surface area contributed by atoms with Crippen LogP contribution in [0.3, 0.4) is 0 Å². The zero-order valence-electron chi connectivity index (χ0n) is 12.1. The molecule has 0 saturated heterocycles. The van der Waals surface area contributed by atoms with E-state index < -0.39 is 0 Å². The number of aromatic nitrogens is 1. The largest absolute Gasteiger partial charge is 0.322 e. The molecule has 0 atom stereocenters. The van der Waals surface area contributed by atoms with E-state index >= 15 is 0 Å². The van der Waals surface area contributed by atoms with Crippen molar-refractivity contribution in [1.82, 2.24) is 4.98 Å². The molecule has 0 saturated carbocycles. The Bertz CT molecular complexity index is 726. The van der Waals surface area contributed by atoms with Gasteiger partial charge in [0.2, 0.25) is 0 Å². The van der Waals surface area contributed by atoms with Gasteiger partial charge in [-0.2, -0.15) is 0 Å². The summed E-state index contributed by atoms with van der Waals surface area (Å²) in [4.78, 5) is 16.2. The number of pyridine rings is 1. The van der Waals surface area contributed by atoms with Crippen LogP contribution >= 0.6 is 0 Å². The Hall–Kier alpha value is -2.64. The third-order valence-electron chi connectivity index (χ3n) is 2.96. The van der Waals surface area contributed by atoms with Gasteiger partial charge in [0.15, 0.2) is 0 Å². The predicted molar refractivity (Wildman–Crippen MR) is 84.0 cm³/mol. The van der Waals surface area contributed by atoms with Crippen molar-refractivity contribution in [3.63, 3.8) is 0 Å². The molecule has 21 heavy (non-hydrogen) atoms. The first-order chi connectivity index (χ1) is 10.1. The molecule has 106 valence electrons. The maximum Gasteiger partial charge on any atom is 0.257 e. The lowest BCUT2D eigenvalue weighted by Crippen LogP contribution is -2.12. The number of hydrogen-bond acceptors (Lipinski definition) is 3. The quantitative estimate of drug-likeness (QED) is 0.829. The van der Waals surface area contributed by atoms with Crippen molar-refractivity contribution < 1.29 is 4.79 Å². The van der Waals surface area contributed by atoms with Crippen LogP contribution in [0, 0.1) is 25.7 Å². The van der Waals surface area contributed by atoms with E-state index in [1.54, 1.807) is 18.5 Å². The van der Waals surface area contributed by atoms with Gasteiger partial charge in [-0.05, 0) is 43.2 Å². The molecular weight excluding hydrogens is 262 g/mol. The van der Waals surface area contributed by atoms with Crippen LogP contribution in [0.25, 0.3) is 0 Å². The van der Waals surface area contributed by atoms with Crippen molar-refractivity contribution in [2.24, 2.45) is 5.73 Å². The minimum Gasteiger partial charge on any atom is -0.322 e. The number of rotatable bonds is 2. The molecule has 1 amide bonds. The third-order valence-corrected chi connectivity index (χ3v) is 2.96. The molecule has 1 heterocycles. The number of aryl methyl sites for hydroxylation is 2. The lowest BCUT2D eigenvalue weighted by molar-refractivity contribution is 0.102. The zero-order valence-corrected chi connectivity index (χ0v) is 12.1. The molecular formula is C17H17N3O. The molecule has 0 spiro atoms. The number of nitrogens with zero attached hydrogens (tertiary/aromatic N) is 1. The van der Waals surface area contributed by atoms with Gasteiger partial charge in [-0.15, -0.1) is 0 Å². The summed E-state index contributed by atoms with van der Waals surface area (Å²) in [5.74, 6) is 5.63. The Labute approximate surface area is 124 Å². The second-order valence-electron chi connectivity index (χ2n) is 4.74. The Kier molecular flexibility index (Phi) is 4.70. The molecule has 4 heteroatoms. The van der Waals surface area contributed by atoms with Crippen LogP contribution in [0.2, 0.25) is 0 Å². The van der Waals surface area contributed by atoms with Crippen LogP contribution in [-0.4, -0.2) is 17.4 Å². The fourth-order valence-corrected chi connectivity index (χ4v) is 1.86. The van der Waals surface area contributed by atoms with Crippen molar-refractivity contribution >= 4 is 11.6 Å². The Morgan fingerprint density at radius 3 is 2.81 bits per heavy atom. The summed E-state index contributed by atoms with van der Waals surface area (Å²) in [6.07, 6.45) is 3.26. The van der Waals surface area contributed by atoms with Gasteiger partial charge in [-0.25, -0.2) is 0 Å². The maximum atomic E-state index is 12.2. The smallest absolute Gasteiger partial charge is 0.257 e. The third kappa shape index (κ3) is 3.91. The van der Waals surface area contributed by atoms with E-state index in [0.717, 1.165) is 16.7 Å². The van der Waals surface area contributed by atoms with Crippen LogP contribution in [0.5, 0.6) is 0 Å². The average Bonchev–Trinajstić information content (AvgIpc) is 2.47. The zero-order chi connectivity index (χ0) is 15.2. The summed E-state index contributed by atoms with van der Waals surface area (Å²) in [7, 11) is 0. The fraction of sp³-hybridized carbons (Fsp3) is 0.176. The van der Waals surface area contributed by atoms with Gasteiger partial charge in [0.05, 0.1) is 12.1 Å². The normalized spacial score (nSPS) is 9.67. The molecule has 0 radical (unpaired) electrons. The Morgan fingerprint density at radius 1 is 1.29 bits per heavy atom. The summed E-state index contributed by atoms with van der Waals surface area (Å²) in [5.41, 5.74) is 9.47. The highest BCUT2D eigenvalue weighted by Crippen LogP contribution is 2.15. The number of carbonyl (C=O) groups is 1. The SMILES string of the molecule is Cc1cncc(C(=O)Nc2ccc(C)c(C#CCN)c2)c1. The van der Waals surface area contributed by atoms with E-state index in [4.69, 9.17) is 5.73 Å². The van der Waals surface area contributed by atoms with Crippen LogP contribution in [0.4, 0.5) is 5.69 Å². The van der Waals surface area contributed by atoms with Gasteiger partial charge >= 0.3 is 0 Å². The number of anilines is 1. The molecule has 2 rings (SSSR count). The average molecular weight is 279 g/mol. The van der Waals surface area contributed by atoms with E-state index in [1.165, 1.54) is 0 Å². The Morgan fingerprint density at radius 2 is 2.10 bits per heavy atom. The van der Waals surface area contributed by atoms with Gasteiger partial charge in [0.1, 0.15) is 0 Å². The van der Waals surface area contributed by atoms with Gasteiger partial charge in [0.25, 0.3) is 5.91 Å². The molecule has 1 aromatic carbocycles. The molecule has 4 nitrogen and oxygen atoms in total. The maximum absolute atomic E-state index is 12.2. The number of nitrogens with two attached hydrogens (primary N) is 1. The highest BCUT2D eigenvalue weighted by molar-refractivity contribution is 6.04. The lowest BCUT2D eigenvalue weighted by Gasteiger charge is -2.07. The first kappa shape index (κ1) is 14.8. The van der Waals surface area contributed by atoms with Gasteiger partial charge in [-0.3, -0.25) is 9.78 Å². The van der Waals surface area contributed by atoms with Crippen LogP contribution < -0.4 is 11.1 Å². The second-order valence-corrected chi connectivity index (χ2v) is 4.74. The lowest BCUT2D eigenvalue weighted by atomic mass is 10.1. The molecule has 2 aromatic rings. The van der Waals surface area contributed by atoms with Gasteiger partial charge < -0.3 is 11.1 Å². The van der Waals surface area contributed by atoms with E-state index in [-0.39, 0.29) is 5.91 Å². The van der Waals surface area contributed by atoms with Crippen molar-refractivity contribution in [3.05, 3.63) is 58.9 Å². The number of benzene rings is 1. The van der Waals surface area contributed by atoms with Crippen LogP contribution in [0.1, 0.15) is 27.0 Å². The minimum atomic E-state index is -0.187. The Balaban J connectivity index is 2.21. The molecule has 0 aliphatic carbocycles. The molecule has 0 bridgehead atoms. The molecule has 0 fully saturated rings. The van der Waals surface area contributed by atoms with E-state index in [0.29, 0.717) is 17.8 Å². The van der Waals surface area contributed by atoms with Crippen molar-refractivity contribution in [3.8, 4) is 11.8 Å². The molecule has 3 N–H and O–H groups in total. The molecule has 0 aliphatic heterocycles. The summed E-state index contributed by atoms with van der Waals surface area (Å²) in [6, 6.07) is 7.42. The summed E-state index contributed by atoms with van der Waals surface area (Å²) >= 11 is 0. The van der Waals surface area contributed by atoms with E-state index in [2.05, 4.69) is 22.1 Å². The van der Waals surface area contributed by atoms with Crippen LogP contribution in [0.15, 0.2) is 36.7 Å². The topological polar surface area (TPSA) is 68.0 Å². The van der Waals surface area contributed by atoms with E-state index in [1.807, 2.05) is 32.0 Å². The number of amides is 1. The molecule has 0 aliphatic rings. The fourth-order valence-electron chi connectivity index (χ4n) is 1.86. The summed E-state index contributed by atoms with van der Waals surface area (Å²) < 4.78 is 0. The van der Waals surface area contributed by atoms with Crippen molar-refractivity contribution in [2.45, 2.75) is 13.8 Å². The monoisotopic (exact) mass is 279 g/mol. The van der Waals surface area contributed by atoms with E-state index in [9.17, 15) is 4.79 Å². The molecule has 1 aromatic heterocycles. The highest BCUT2D eigenvalue weighted by atomic mass is 16.1. The number of carbonyl (C=O) groups excluding carboxylic acids is 1. The van der Waals surface area contributed by atoms with Crippen LogP contribution in [-0.2, 0) is 0 Å². The van der Waals surface area contributed by atoms with Crippen molar-refractivity contribution in [2.75, 3.05) is 11.9 Å². The van der Waals surface area contributed by atoms with Gasteiger partial charge in [0, 0.05) is 23.6 Å². The highest BCUT2D eigenvalue weighted by Gasteiger charge is 2.07. The number of nitrogens with one attached hydrogen (secondary N) is 1.